The number of nitro groups is 1. The number of amides is 1. The summed E-state index contributed by atoms with van der Waals surface area (Å²) >= 11 is 5.81. The fourth-order valence-electron chi connectivity index (χ4n) is 2.95. The Hall–Kier alpha value is -3.38. The molecule has 148 valence electrons. The van der Waals surface area contributed by atoms with Gasteiger partial charge in [-0.2, -0.15) is 0 Å². The van der Waals surface area contributed by atoms with Gasteiger partial charge in [-0.25, -0.2) is 0 Å². The third-order valence-electron chi connectivity index (χ3n) is 4.47. The number of rotatable bonds is 7. The first-order valence-corrected chi connectivity index (χ1v) is 9.51. The molecule has 0 aliphatic carbocycles. The number of aryl methyl sites for hydroxylation is 1. The summed E-state index contributed by atoms with van der Waals surface area (Å²) < 4.78 is 0. The first-order chi connectivity index (χ1) is 14.0. The molecule has 0 saturated carbocycles. The summed E-state index contributed by atoms with van der Waals surface area (Å²) in [5.74, 6) is -0.350. The molecule has 0 unspecified atom stereocenters. The van der Waals surface area contributed by atoms with Crippen molar-refractivity contribution in [1.82, 2.24) is 0 Å². The van der Waals surface area contributed by atoms with E-state index in [0.29, 0.717) is 17.8 Å². The molecule has 0 aliphatic rings. The van der Waals surface area contributed by atoms with Crippen molar-refractivity contribution in [1.29, 1.82) is 0 Å². The lowest BCUT2D eigenvalue weighted by Crippen LogP contribution is -2.13. The lowest BCUT2D eigenvalue weighted by atomic mass is 10.1. The number of nitro benzene ring substituents is 1. The van der Waals surface area contributed by atoms with E-state index >= 15 is 0 Å². The topological polar surface area (TPSA) is 84.3 Å². The van der Waals surface area contributed by atoms with E-state index in [1.165, 1.54) is 23.8 Å². The van der Waals surface area contributed by atoms with Crippen molar-refractivity contribution >= 4 is 34.6 Å². The van der Waals surface area contributed by atoms with Crippen LogP contribution in [-0.4, -0.2) is 10.8 Å². The zero-order valence-electron chi connectivity index (χ0n) is 15.8. The van der Waals surface area contributed by atoms with Gasteiger partial charge in [0.15, 0.2) is 0 Å². The highest BCUT2D eigenvalue weighted by atomic mass is 35.5. The predicted octanol–water partition coefficient (Wildman–Crippen LogP) is 5.68. The molecule has 0 spiro atoms. The van der Waals surface area contributed by atoms with Gasteiger partial charge in [0.25, 0.3) is 11.6 Å². The zero-order valence-corrected chi connectivity index (χ0v) is 16.6. The fourth-order valence-corrected chi connectivity index (χ4v) is 3.14. The highest BCUT2D eigenvalue weighted by Gasteiger charge is 2.14. The average molecular weight is 410 g/mol. The van der Waals surface area contributed by atoms with Gasteiger partial charge in [-0.3, -0.25) is 14.9 Å². The van der Waals surface area contributed by atoms with Crippen LogP contribution in [0.25, 0.3) is 0 Å². The van der Waals surface area contributed by atoms with Gasteiger partial charge in [0.1, 0.15) is 5.02 Å². The quantitative estimate of drug-likeness (QED) is 0.388. The average Bonchev–Trinajstić information content (AvgIpc) is 2.73. The van der Waals surface area contributed by atoms with E-state index in [1.54, 1.807) is 12.1 Å². The van der Waals surface area contributed by atoms with Crippen LogP contribution >= 0.6 is 11.6 Å². The Morgan fingerprint density at radius 1 is 1.07 bits per heavy atom. The third kappa shape index (κ3) is 5.12. The normalized spacial score (nSPS) is 10.4. The first-order valence-electron chi connectivity index (χ1n) is 9.14. The molecule has 0 saturated heterocycles. The molecule has 29 heavy (non-hydrogen) atoms. The Morgan fingerprint density at radius 2 is 1.86 bits per heavy atom. The molecule has 0 heterocycles. The second-order valence-electron chi connectivity index (χ2n) is 6.44. The van der Waals surface area contributed by atoms with Crippen molar-refractivity contribution in [3.8, 4) is 0 Å². The van der Waals surface area contributed by atoms with Crippen molar-refractivity contribution in [2.45, 2.75) is 19.9 Å². The van der Waals surface area contributed by atoms with Gasteiger partial charge in [0.2, 0.25) is 0 Å². The molecule has 0 atom stereocenters. The van der Waals surface area contributed by atoms with Gasteiger partial charge in [-0.15, -0.1) is 0 Å². The molecular formula is C22H20ClN3O3. The fraction of sp³-hybridized carbons (Fsp3) is 0.136. The van der Waals surface area contributed by atoms with Crippen LogP contribution in [0.4, 0.5) is 17.1 Å². The second kappa shape index (κ2) is 9.21. The molecule has 0 bridgehead atoms. The van der Waals surface area contributed by atoms with Gasteiger partial charge in [-0.1, -0.05) is 48.9 Å². The van der Waals surface area contributed by atoms with E-state index in [0.717, 1.165) is 17.7 Å². The third-order valence-corrected chi connectivity index (χ3v) is 4.79. The van der Waals surface area contributed by atoms with Crippen molar-refractivity contribution in [2.75, 3.05) is 10.6 Å². The van der Waals surface area contributed by atoms with Crippen LogP contribution in [0.5, 0.6) is 0 Å². The van der Waals surface area contributed by atoms with Crippen LogP contribution in [0.1, 0.15) is 28.4 Å². The van der Waals surface area contributed by atoms with E-state index < -0.39 is 4.92 Å². The van der Waals surface area contributed by atoms with Crippen LogP contribution < -0.4 is 10.6 Å². The smallest absolute Gasteiger partial charge is 0.289 e. The minimum Gasteiger partial charge on any atom is -0.381 e. The summed E-state index contributed by atoms with van der Waals surface area (Å²) in [5.41, 5.74) is 3.77. The molecule has 7 heteroatoms. The number of halogens is 1. The lowest BCUT2D eigenvalue weighted by Gasteiger charge is -2.12. The van der Waals surface area contributed by atoms with Crippen LogP contribution in [0, 0.1) is 10.1 Å². The molecule has 0 aromatic heterocycles. The summed E-state index contributed by atoms with van der Waals surface area (Å²) in [4.78, 5) is 23.0. The summed E-state index contributed by atoms with van der Waals surface area (Å²) in [6.45, 7) is 2.68. The Bertz CT molecular complexity index is 1050. The number of carbonyl (C=O) groups excluding carboxylic acids is 1. The number of benzene rings is 3. The predicted molar refractivity (Wildman–Crippen MR) is 116 cm³/mol. The van der Waals surface area contributed by atoms with Crippen LogP contribution in [-0.2, 0) is 13.0 Å². The number of nitrogens with one attached hydrogen (secondary N) is 2. The standard InChI is InChI=1S/C22H20ClN3O3/c1-2-16-7-3-4-9-20(16)24-14-15-6-5-8-17(12-15)22(27)25-18-10-11-19(23)21(13-18)26(28)29/h3-13,24H,2,14H2,1H3,(H,25,27). The van der Waals surface area contributed by atoms with Crippen LogP contribution in [0.2, 0.25) is 5.02 Å². The van der Waals surface area contributed by atoms with Crippen molar-refractivity contribution < 1.29 is 9.72 Å². The second-order valence-corrected chi connectivity index (χ2v) is 6.85. The Balaban J connectivity index is 1.71. The lowest BCUT2D eigenvalue weighted by molar-refractivity contribution is -0.384. The molecule has 2 N–H and O–H groups in total. The minimum absolute atomic E-state index is 0.0217. The molecule has 3 rings (SSSR count). The van der Waals surface area contributed by atoms with Gasteiger partial charge < -0.3 is 10.6 Å². The molecule has 3 aromatic rings. The SMILES string of the molecule is CCc1ccccc1NCc1cccc(C(=O)Nc2ccc(Cl)c([N+](=O)[O-])c2)c1. The maximum Gasteiger partial charge on any atom is 0.289 e. The summed E-state index contributed by atoms with van der Waals surface area (Å²) in [5, 5.41) is 17.1. The first kappa shape index (κ1) is 20.4. The van der Waals surface area contributed by atoms with Gasteiger partial charge in [-0.05, 0) is 47.9 Å². The van der Waals surface area contributed by atoms with E-state index in [4.69, 9.17) is 11.6 Å². The van der Waals surface area contributed by atoms with E-state index in [1.807, 2.05) is 30.3 Å². The maximum absolute atomic E-state index is 12.6. The molecule has 6 nitrogen and oxygen atoms in total. The van der Waals surface area contributed by atoms with Gasteiger partial charge in [0, 0.05) is 29.5 Å². The highest BCUT2D eigenvalue weighted by Crippen LogP contribution is 2.27. The Kier molecular flexibility index (Phi) is 6.46. The molecular weight excluding hydrogens is 390 g/mol. The number of anilines is 2. The Morgan fingerprint density at radius 3 is 2.62 bits per heavy atom. The van der Waals surface area contributed by atoms with E-state index in [9.17, 15) is 14.9 Å². The molecule has 0 aliphatic heterocycles. The van der Waals surface area contributed by atoms with Crippen LogP contribution in [0.15, 0.2) is 66.7 Å². The zero-order chi connectivity index (χ0) is 20.8. The summed E-state index contributed by atoms with van der Waals surface area (Å²) in [7, 11) is 0. The number of hydrogen-bond donors (Lipinski definition) is 2. The minimum atomic E-state index is -0.585. The maximum atomic E-state index is 12.6. The summed E-state index contributed by atoms with van der Waals surface area (Å²) in [6, 6.07) is 19.5. The number of hydrogen-bond acceptors (Lipinski definition) is 4. The van der Waals surface area contributed by atoms with Crippen LogP contribution in [0.3, 0.4) is 0 Å². The monoisotopic (exact) mass is 409 g/mol. The largest absolute Gasteiger partial charge is 0.381 e. The van der Waals surface area contributed by atoms with E-state index in [-0.39, 0.29) is 16.6 Å². The van der Waals surface area contributed by atoms with Crippen molar-refractivity contribution in [3.05, 3.63) is 98.6 Å². The van der Waals surface area contributed by atoms with Crippen molar-refractivity contribution in [2.24, 2.45) is 0 Å². The highest BCUT2D eigenvalue weighted by molar-refractivity contribution is 6.32. The number of para-hydroxylation sites is 1. The molecule has 0 radical (unpaired) electrons. The molecule has 0 fully saturated rings. The van der Waals surface area contributed by atoms with Gasteiger partial charge in [0.05, 0.1) is 4.92 Å². The van der Waals surface area contributed by atoms with Gasteiger partial charge >= 0.3 is 0 Å². The number of carbonyl (C=O) groups is 1. The summed E-state index contributed by atoms with van der Waals surface area (Å²) in [6.07, 6.45) is 0.929. The van der Waals surface area contributed by atoms with Crippen molar-refractivity contribution in [3.63, 3.8) is 0 Å². The van der Waals surface area contributed by atoms with E-state index in [2.05, 4.69) is 23.6 Å². The molecule has 3 aromatic carbocycles. The Labute approximate surface area is 173 Å². The number of nitrogens with zero attached hydrogens (tertiary/aromatic N) is 1. The molecule has 1 amide bonds.